The maximum Gasteiger partial charge on any atom is 0.275 e. The molecule has 1 N–H and O–H groups in total. The second-order valence-corrected chi connectivity index (χ2v) is 3.58. The number of hydrogen-bond acceptors (Lipinski definition) is 5. The largest absolute Gasteiger partial charge is 0.319 e. The van der Waals surface area contributed by atoms with E-state index in [1.165, 1.54) is 23.7 Å². The highest BCUT2D eigenvalue weighted by Gasteiger charge is 2.10. The molecule has 0 bridgehead atoms. The van der Waals surface area contributed by atoms with Crippen LogP contribution in [0, 0.1) is 11.3 Å². The molecule has 0 fully saturated rings. The Labute approximate surface area is 95.4 Å². The zero-order chi connectivity index (χ0) is 11.4. The molecule has 0 aliphatic rings. The molecule has 0 saturated carbocycles. The van der Waals surface area contributed by atoms with Gasteiger partial charge in [-0.05, 0) is 6.07 Å². The van der Waals surface area contributed by atoms with Crippen LogP contribution in [-0.4, -0.2) is 15.9 Å². The van der Waals surface area contributed by atoms with E-state index >= 15 is 0 Å². The second kappa shape index (κ2) is 4.51. The van der Waals surface area contributed by atoms with Crippen LogP contribution in [0.25, 0.3) is 0 Å². The average Bonchev–Trinajstić information content (AvgIpc) is 2.83. The van der Waals surface area contributed by atoms with Gasteiger partial charge in [-0.1, -0.05) is 0 Å². The Morgan fingerprint density at radius 3 is 3.12 bits per heavy atom. The molecule has 0 unspecified atom stereocenters. The Bertz CT molecular complexity index is 544. The zero-order valence-corrected chi connectivity index (χ0v) is 8.86. The van der Waals surface area contributed by atoms with Gasteiger partial charge in [0, 0.05) is 17.8 Å². The lowest BCUT2D eigenvalue weighted by Crippen LogP contribution is -2.13. The molecule has 0 radical (unpaired) electrons. The Kier molecular flexibility index (Phi) is 2.89. The standard InChI is InChI=1S/C10H6N4OS/c11-3-7-4-12-2-1-8(7)14-10(15)9-5-16-6-13-9/h1-2,4-6H,(H,12,14,15). The summed E-state index contributed by atoms with van der Waals surface area (Å²) >= 11 is 1.34. The summed E-state index contributed by atoms with van der Waals surface area (Å²) < 4.78 is 0. The van der Waals surface area contributed by atoms with E-state index < -0.39 is 0 Å². The highest BCUT2D eigenvalue weighted by atomic mass is 32.1. The van der Waals surface area contributed by atoms with Crippen LogP contribution < -0.4 is 5.32 Å². The van der Waals surface area contributed by atoms with E-state index in [0.717, 1.165) is 0 Å². The van der Waals surface area contributed by atoms with Gasteiger partial charge in [-0.3, -0.25) is 9.78 Å². The number of carbonyl (C=O) groups is 1. The number of hydrogen-bond donors (Lipinski definition) is 1. The van der Waals surface area contributed by atoms with E-state index in [0.29, 0.717) is 16.9 Å². The fraction of sp³-hybridized carbons (Fsp3) is 0. The molecule has 0 saturated heterocycles. The van der Waals surface area contributed by atoms with Crippen molar-refractivity contribution in [3.05, 3.63) is 40.6 Å². The molecule has 2 aromatic rings. The summed E-state index contributed by atoms with van der Waals surface area (Å²) in [6.07, 6.45) is 2.91. The van der Waals surface area contributed by atoms with Crippen molar-refractivity contribution in [1.82, 2.24) is 9.97 Å². The van der Waals surface area contributed by atoms with Gasteiger partial charge in [0.05, 0.1) is 16.8 Å². The van der Waals surface area contributed by atoms with Gasteiger partial charge in [0.15, 0.2) is 0 Å². The molecule has 0 aliphatic heterocycles. The average molecular weight is 230 g/mol. The van der Waals surface area contributed by atoms with Crippen molar-refractivity contribution in [3.8, 4) is 6.07 Å². The first kappa shape index (κ1) is 10.3. The molecule has 1 amide bonds. The number of aromatic nitrogens is 2. The topological polar surface area (TPSA) is 78.7 Å². The highest BCUT2D eigenvalue weighted by Crippen LogP contribution is 2.13. The summed E-state index contributed by atoms with van der Waals surface area (Å²) in [7, 11) is 0. The summed E-state index contributed by atoms with van der Waals surface area (Å²) in [6, 6.07) is 3.52. The summed E-state index contributed by atoms with van der Waals surface area (Å²) in [5.74, 6) is -0.330. The number of nitrogens with zero attached hydrogens (tertiary/aromatic N) is 3. The quantitative estimate of drug-likeness (QED) is 0.850. The second-order valence-electron chi connectivity index (χ2n) is 2.86. The SMILES string of the molecule is N#Cc1cnccc1NC(=O)c1cscn1. The lowest BCUT2D eigenvalue weighted by atomic mass is 10.2. The smallest absolute Gasteiger partial charge is 0.275 e. The summed E-state index contributed by atoms with van der Waals surface area (Å²) in [6.45, 7) is 0. The Balaban J connectivity index is 2.22. The van der Waals surface area contributed by atoms with Gasteiger partial charge >= 0.3 is 0 Å². The van der Waals surface area contributed by atoms with Crippen LogP contribution in [0.4, 0.5) is 5.69 Å². The minimum Gasteiger partial charge on any atom is -0.319 e. The summed E-state index contributed by atoms with van der Waals surface area (Å²) in [4.78, 5) is 19.3. The van der Waals surface area contributed by atoms with Gasteiger partial charge in [0.1, 0.15) is 11.8 Å². The first-order chi connectivity index (χ1) is 7.81. The lowest BCUT2D eigenvalue weighted by Gasteiger charge is -2.03. The fourth-order valence-corrected chi connectivity index (χ4v) is 1.64. The monoisotopic (exact) mass is 230 g/mol. The molecule has 0 aliphatic carbocycles. The van der Waals surface area contributed by atoms with Gasteiger partial charge in [-0.15, -0.1) is 11.3 Å². The van der Waals surface area contributed by atoms with Crippen LogP contribution in [-0.2, 0) is 0 Å². The molecule has 2 aromatic heterocycles. The number of amides is 1. The minimum atomic E-state index is -0.330. The minimum absolute atomic E-state index is 0.325. The van der Waals surface area contributed by atoms with Crippen LogP contribution in [0.15, 0.2) is 29.4 Å². The van der Waals surface area contributed by atoms with Gasteiger partial charge in [-0.25, -0.2) is 4.98 Å². The van der Waals surface area contributed by atoms with Crippen LogP contribution in [0.2, 0.25) is 0 Å². The Morgan fingerprint density at radius 2 is 2.44 bits per heavy atom. The third kappa shape index (κ3) is 2.04. The Hall–Kier alpha value is -2.26. The van der Waals surface area contributed by atoms with E-state index in [4.69, 9.17) is 5.26 Å². The molecule has 2 heterocycles. The highest BCUT2D eigenvalue weighted by molar-refractivity contribution is 7.07. The number of pyridine rings is 1. The predicted molar refractivity (Wildman–Crippen MR) is 59.0 cm³/mol. The lowest BCUT2D eigenvalue weighted by molar-refractivity contribution is 0.102. The van der Waals surface area contributed by atoms with E-state index in [1.807, 2.05) is 6.07 Å². The molecular weight excluding hydrogens is 224 g/mol. The van der Waals surface area contributed by atoms with Gasteiger partial charge in [0.2, 0.25) is 0 Å². The first-order valence-electron chi connectivity index (χ1n) is 4.35. The molecule has 0 spiro atoms. The molecule has 16 heavy (non-hydrogen) atoms. The number of nitriles is 1. The molecule has 0 aromatic carbocycles. The number of nitrogens with one attached hydrogen (secondary N) is 1. The normalized spacial score (nSPS) is 9.44. The van der Waals surface area contributed by atoms with E-state index in [2.05, 4.69) is 15.3 Å². The maximum absolute atomic E-state index is 11.6. The molecule has 5 nitrogen and oxygen atoms in total. The number of anilines is 1. The summed E-state index contributed by atoms with van der Waals surface area (Å²) in [5, 5.41) is 13.1. The van der Waals surface area contributed by atoms with Crippen LogP contribution in [0.5, 0.6) is 0 Å². The zero-order valence-electron chi connectivity index (χ0n) is 8.04. The predicted octanol–water partition coefficient (Wildman–Crippen LogP) is 1.66. The summed E-state index contributed by atoms with van der Waals surface area (Å²) in [5.41, 5.74) is 2.68. The van der Waals surface area contributed by atoms with Crippen LogP contribution in [0.3, 0.4) is 0 Å². The van der Waals surface area contributed by atoms with Crippen molar-refractivity contribution in [2.24, 2.45) is 0 Å². The number of rotatable bonds is 2. The Morgan fingerprint density at radius 1 is 1.56 bits per heavy atom. The van der Waals surface area contributed by atoms with Crippen LogP contribution >= 0.6 is 11.3 Å². The van der Waals surface area contributed by atoms with Crippen LogP contribution in [0.1, 0.15) is 16.1 Å². The fourth-order valence-electron chi connectivity index (χ4n) is 1.10. The van der Waals surface area contributed by atoms with Gasteiger partial charge < -0.3 is 5.32 Å². The van der Waals surface area contributed by atoms with Crippen molar-refractivity contribution >= 4 is 22.9 Å². The van der Waals surface area contributed by atoms with E-state index in [-0.39, 0.29) is 5.91 Å². The van der Waals surface area contributed by atoms with E-state index in [9.17, 15) is 4.79 Å². The maximum atomic E-state index is 11.6. The first-order valence-corrected chi connectivity index (χ1v) is 5.29. The van der Waals surface area contributed by atoms with Gasteiger partial charge in [0.25, 0.3) is 5.91 Å². The number of thiazole rings is 1. The third-order valence-electron chi connectivity index (χ3n) is 1.85. The molecule has 2 rings (SSSR count). The third-order valence-corrected chi connectivity index (χ3v) is 2.44. The molecular formula is C10H6N4OS. The van der Waals surface area contributed by atoms with Gasteiger partial charge in [-0.2, -0.15) is 5.26 Å². The number of carbonyl (C=O) groups excluding carboxylic acids is 1. The molecule has 6 heteroatoms. The van der Waals surface area contributed by atoms with Crippen molar-refractivity contribution < 1.29 is 4.79 Å². The van der Waals surface area contributed by atoms with E-state index in [1.54, 1.807) is 17.0 Å². The molecule has 0 atom stereocenters. The van der Waals surface area contributed by atoms with Crippen molar-refractivity contribution in [2.75, 3.05) is 5.32 Å². The molecule has 78 valence electrons. The van der Waals surface area contributed by atoms with Crippen molar-refractivity contribution in [2.45, 2.75) is 0 Å². The van der Waals surface area contributed by atoms with Crippen molar-refractivity contribution in [1.29, 1.82) is 5.26 Å². The van der Waals surface area contributed by atoms with Crippen molar-refractivity contribution in [3.63, 3.8) is 0 Å².